The van der Waals surface area contributed by atoms with Crippen LogP contribution in [0.3, 0.4) is 0 Å². The molecule has 31 heavy (non-hydrogen) atoms. The summed E-state index contributed by atoms with van der Waals surface area (Å²) in [6, 6.07) is 7.45. The molecule has 0 aliphatic heterocycles. The Morgan fingerprint density at radius 3 is 2.42 bits per heavy atom. The maximum atomic E-state index is 12.9. The number of aromatic hydroxyl groups is 1. The van der Waals surface area contributed by atoms with Crippen molar-refractivity contribution in [1.29, 1.82) is 0 Å². The summed E-state index contributed by atoms with van der Waals surface area (Å²) in [6.07, 6.45) is -2.52. The highest BCUT2D eigenvalue weighted by Crippen LogP contribution is 2.26. The first kappa shape index (κ1) is 22.2. The monoisotopic (exact) mass is 458 g/mol. The van der Waals surface area contributed by atoms with Crippen molar-refractivity contribution in [2.24, 2.45) is 0 Å². The zero-order valence-corrected chi connectivity index (χ0v) is 17.0. The Morgan fingerprint density at radius 1 is 1.19 bits per heavy atom. The molecule has 0 aliphatic rings. The number of nitrogens with one attached hydrogen (secondary N) is 1. The first-order valence-electron chi connectivity index (χ1n) is 8.64. The lowest BCUT2D eigenvalue weighted by Crippen LogP contribution is -2.24. The van der Waals surface area contributed by atoms with Gasteiger partial charge in [0, 0.05) is 6.20 Å². The second-order valence-corrected chi connectivity index (χ2v) is 8.33. The minimum atomic E-state index is -4.85. The quantitative estimate of drug-likeness (QED) is 0.586. The predicted octanol–water partition coefficient (Wildman–Crippen LogP) is 2.37. The Labute approximate surface area is 174 Å². The zero-order chi connectivity index (χ0) is 23.0. The third-order valence-corrected chi connectivity index (χ3v) is 4.73. The Morgan fingerprint density at radius 2 is 1.84 bits per heavy atom. The molecule has 2 aromatic heterocycles. The van der Waals surface area contributed by atoms with Crippen LogP contribution in [0.4, 0.5) is 19.0 Å². The van der Waals surface area contributed by atoms with Gasteiger partial charge in [0.15, 0.2) is 0 Å². The average molecular weight is 458 g/mol. The van der Waals surface area contributed by atoms with E-state index < -0.39 is 33.7 Å². The number of nitrogens with zero attached hydrogens (tertiary/aromatic N) is 3. The Bertz CT molecular complexity index is 1260. The number of hydrogen-bond acceptors (Lipinski definition) is 6. The van der Waals surface area contributed by atoms with E-state index in [0.717, 1.165) is 23.0 Å². The van der Waals surface area contributed by atoms with Gasteiger partial charge in [-0.15, -0.1) is 13.2 Å². The maximum Gasteiger partial charge on any atom is 0.573 e. The van der Waals surface area contributed by atoms with Crippen LogP contribution >= 0.6 is 0 Å². The molecule has 0 saturated heterocycles. The molecule has 0 amide bonds. The summed E-state index contributed by atoms with van der Waals surface area (Å²) in [6.45, 7) is 1.48. The van der Waals surface area contributed by atoms with Gasteiger partial charge in [-0.1, -0.05) is 0 Å². The second kappa shape index (κ2) is 7.98. The Hall–Kier alpha value is -3.48. The lowest BCUT2D eigenvalue weighted by Gasteiger charge is -2.09. The van der Waals surface area contributed by atoms with Gasteiger partial charge in [0.1, 0.15) is 11.6 Å². The van der Waals surface area contributed by atoms with Crippen LogP contribution < -0.4 is 15.1 Å². The van der Waals surface area contributed by atoms with Gasteiger partial charge in [-0.3, -0.25) is 9.29 Å². The first-order valence-corrected chi connectivity index (χ1v) is 10.5. The van der Waals surface area contributed by atoms with E-state index in [2.05, 4.69) is 14.4 Å². The van der Waals surface area contributed by atoms with Crippen molar-refractivity contribution in [2.45, 2.75) is 19.8 Å². The molecule has 2 heterocycles. The van der Waals surface area contributed by atoms with Crippen LogP contribution in [-0.2, 0) is 16.6 Å². The fourth-order valence-corrected chi connectivity index (χ4v) is 3.35. The van der Waals surface area contributed by atoms with Crippen LogP contribution in [0.25, 0.3) is 5.69 Å². The molecule has 0 radical (unpaired) electrons. The molecule has 9 nitrogen and oxygen atoms in total. The number of pyridine rings is 1. The molecule has 0 saturated carbocycles. The van der Waals surface area contributed by atoms with E-state index in [1.54, 1.807) is 6.07 Å². The van der Waals surface area contributed by atoms with Gasteiger partial charge < -0.3 is 9.84 Å². The van der Waals surface area contributed by atoms with Gasteiger partial charge in [-0.05, 0) is 48.9 Å². The Kier molecular flexibility index (Phi) is 5.72. The molecular weight excluding hydrogens is 441 g/mol. The largest absolute Gasteiger partial charge is 0.573 e. The molecule has 0 aliphatic carbocycles. The van der Waals surface area contributed by atoms with E-state index in [1.807, 2.05) is 0 Å². The lowest BCUT2D eigenvalue weighted by molar-refractivity contribution is -0.274. The third-order valence-electron chi connectivity index (χ3n) is 4.15. The van der Waals surface area contributed by atoms with Crippen LogP contribution in [-0.4, -0.2) is 40.3 Å². The average Bonchev–Trinajstić information content (AvgIpc) is 2.84. The second-order valence-electron chi connectivity index (χ2n) is 6.58. The van der Waals surface area contributed by atoms with Crippen LogP contribution in [0, 0.1) is 6.92 Å². The number of imidazole rings is 1. The number of hydrogen-bond donors (Lipinski definition) is 2. The van der Waals surface area contributed by atoms with Crippen molar-refractivity contribution in [1.82, 2.24) is 14.1 Å². The molecule has 0 fully saturated rings. The van der Waals surface area contributed by atoms with Crippen LogP contribution in [0.15, 0.2) is 47.4 Å². The normalized spacial score (nSPS) is 12.0. The summed E-state index contributed by atoms with van der Waals surface area (Å²) in [7, 11) is -3.54. The predicted molar refractivity (Wildman–Crippen MR) is 105 cm³/mol. The van der Waals surface area contributed by atoms with Gasteiger partial charge in [0.25, 0.3) is 0 Å². The van der Waals surface area contributed by atoms with Crippen LogP contribution in [0.5, 0.6) is 11.6 Å². The highest BCUT2D eigenvalue weighted by Gasteiger charge is 2.31. The number of anilines is 1. The number of aromatic nitrogens is 3. The lowest BCUT2D eigenvalue weighted by atomic mass is 10.2. The fourth-order valence-electron chi connectivity index (χ4n) is 2.85. The van der Waals surface area contributed by atoms with Gasteiger partial charge >= 0.3 is 12.1 Å². The number of sulfonamides is 1. The van der Waals surface area contributed by atoms with Crippen molar-refractivity contribution in [3.63, 3.8) is 0 Å². The summed E-state index contributed by atoms with van der Waals surface area (Å²) < 4.78 is 67.9. The molecule has 0 unspecified atom stereocenters. The van der Waals surface area contributed by atoms with Crippen molar-refractivity contribution >= 4 is 15.8 Å². The summed E-state index contributed by atoms with van der Waals surface area (Å²) in [5.74, 6) is -0.796. The third kappa shape index (κ3) is 5.36. The molecule has 3 rings (SSSR count). The van der Waals surface area contributed by atoms with Crippen molar-refractivity contribution < 1.29 is 31.4 Å². The minimum Gasteiger partial charge on any atom is -0.493 e. The van der Waals surface area contributed by atoms with E-state index in [1.165, 1.54) is 35.9 Å². The van der Waals surface area contributed by atoms with Crippen LogP contribution in [0.1, 0.15) is 11.3 Å². The molecular formula is C18H17F3N4O5S. The summed E-state index contributed by atoms with van der Waals surface area (Å²) in [5.41, 5.74) is 0.217. The Balaban J connectivity index is 1.93. The van der Waals surface area contributed by atoms with Crippen molar-refractivity contribution in [3.8, 4) is 17.3 Å². The van der Waals surface area contributed by atoms with E-state index in [-0.39, 0.29) is 23.7 Å². The molecule has 166 valence electrons. The molecule has 2 N–H and O–H groups in total. The van der Waals surface area contributed by atoms with Gasteiger partial charge in [-0.25, -0.2) is 22.8 Å². The van der Waals surface area contributed by atoms with E-state index in [4.69, 9.17) is 0 Å². The number of benzene rings is 1. The minimum absolute atomic E-state index is 0.0124. The zero-order valence-electron chi connectivity index (χ0n) is 16.2. The molecule has 3 aromatic rings. The summed E-state index contributed by atoms with van der Waals surface area (Å²) >= 11 is 0. The van der Waals surface area contributed by atoms with Crippen molar-refractivity contribution in [3.05, 3.63) is 64.3 Å². The van der Waals surface area contributed by atoms with Crippen LogP contribution in [0.2, 0.25) is 0 Å². The summed E-state index contributed by atoms with van der Waals surface area (Å²) in [4.78, 5) is 16.8. The molecule has 0 atom stereocenters. The van der Waals surface area contributed by atoms with Gasteiger partial charge in [0.2, 0.25) is 15.9 Å². The fraction of sp³-hybridized carbons (Fsp3) is 0.222. The topological polar surface area (TPSA) is 115 Å². The SMILES string of the molecule is Cc1c(O)n(-c2ccc(OC(F)(F)F)cc2)c(=O)n1Cc1ccnc(NS(C)(=O)=O)c1. The van der Waals surface area contributed by atoms with Gasteiger partial charge in [0.05, 0.1) is 24.2 Å². The number of rotatable bonds is 6. The molecule has 0 bridgehead atoms. The van der Waals surface area contributed by atoms with Crippen molar-refractivity contribution in [2.75, 3.05) is 11.0 Å². The smallest absolute Gasteiger partial charge is 0.493 e. The number of halogens is 3. The highest BCUT2D eigenvalue weighted by molar-refractivity contribution is 7.92. The molecule has 1 aromatic carbocycles. The number of ether oxygens (including phenoxy) is 1. The van der Waals surface area contributed by atoms with E-state index in [9.17, 15) is 31.5 Å². The van der Waals surface area contributed by atoms with Gasteiger partial charge in [-0.2, -0.15) is 0 Å². The van der Waals surface area contributed by atoms with E-state index >= 15 is 0 Å². The number of alkyl halides is 3. The maximum absolute atomic E-state index is 12.9. The molecule has 13 heteroatoms. The first-order chi connectivity index (χ1) is 14.3. The van der Waals surface area contributed by atoms with E-state index in [0.29, 0.717) is 5.56 Å². The summed E-state index contributed by atoms with van der Waals surface area (Å²) in [5, 5.41) is 10.4. The molecule has 0 spiro atoms. The highest BCUT2D eigenvalue weighted by atomic mass is 32.2. The standard InChI is InChI=1S/C18H17F3N4O5S/c1-11-16(26)25(13-3-5-14(6-4-13)30-18(19,20)21)17(27)24(11)10-12-7-8-22-15(9-12)23-31(2,28)29/h3-9,26H,10H2,1-2H3,(H,22,23).